The highest BCUT2D eigenvalue weighted by atomic mass is 19.1. The molecule has 1 saturated carbocycles. The van der Waals surface area contributed by atoms with Crippen LogP contribution in [0.2, 0.25) is 0 Å². The molecule has 32 heavy (non-hydrogen) atoms. The highest BCUT2D eigenvalue weighted by Gasteiger charge is 2.29. The zero-order valence-electron chi connectivity index (χ0n) is 18.5. The van der Waals surface area contributed by atoms with Crippen LogP contribution in [0.4, 0.5) is 8.78 Å². The standard InChI is InChI=1S/C26H30F2N2O2/c1-17-15-20(27)8-10-22(17)23-9-7-19(16-24(23)28)25(31)29-21-11-13-30(14-12-21)26(32)18-5-3-2-4-6-18/h7-10,15-16,18,21H,2-6,11-14H2,1H3,(H,29,31). The molecule has 0 bridgehead atoms. The van der Waals surface area contributed by atoms with Gasteiger partial charge in [-0.1, -0.05) is 31.4 Å². The van der Waals surface area contributed by atoms with Crippen molar-refractivity contribution in [1.82, 2.24) is 10.2 Å². The quantitative estimate of drug-likeness (QED) is 0.707. The Labute approximate surface area is 188 Å². The fraction of sp³-hybridized carbons (Fsp3) is 0.462. The monoisotopic (exact) mass is 440 g/mol. The molecule has 2 aromatic carbocycles. The van der Waals surface area contributed by atoms with Gasteiger partial charge in [-0.05, 0) is 68.0 Å². The molecular weight excluding hydrogens is 410 g/mol. The molecule has 0 atom stereocenters. The van der Waals surface area contributed by atoms with Crippen molar-refractivity contribution in [2.45, 2.75) is 57.9 Å². The average molecular weight is 441 g/mol. The second-order valence-electron chi connectivity index (χ2n) is 9.06. The normalized spacial score (nSPS) is 17.9. The third-order valence-electron chi connectivity index (χ3n) is 6.81. The van der Waals surface area contributed by atoms with Crippen LogP contribution in [-0.4, -0.2) is 35.8 Å². The summed E-state index contributed by atoms with van der Waals surface area (Å²) in [5.74, 6) is -0.762. The zero-order valence-corrected chi connectivity index (χ0v) is 18.5. The van der Waals surface area contributed by atoms with Gasteiger partial charge >= 0.3 is 0 Å². The molecule has 0 aromatic heterocycles. The van der Waals surface area contributed by atoms with E-state index in [-0.39, 0.29) is 35.2 Å². The van der Waals surface area contributed by atoms with E-state index in [0.29, 0.717) is 42.6 Å². The number of hydrogen-bond acceptors (Lipinski definition) is 2. The molecule has 2 fully saturated rings. The van der Waals surface area contributed by atoms with Crippen LogP contribution in [0.5, 0.6) is 0 Å². The number of piperidine rings is 1. The predicted octanol–water partition coefficient (Wildman–Crippen LogP) is 5.24. The summed E-state index contributed by atoms with van der Waals surface area (Å²) in [6, 6.07) is 8.57. The van der Waals surface area contributed by atoms with Gasteiger partial charge in [0.15, 0.2) is 0 Å². The number of carbonyl (C=O) groups excluding carboxylic acids is 2. The molecule has 2 aliphatic rings. The molecule has 6 heteroatoms. The molecule has 0 unspecified atom stereocenters. The number of benzene rings is 2. The number of rotatable bonds is 4. The fourth-order valence-corrected chi connectivity index (χ4v) is 4.92. The molecule has 2 aromatic rings. The van der Waals surface area contributed by atoms with Crippen LogP contribution >= 0.6 is 0 Å². The van der Waals surface area contributed by atoms with E-state index in [0.717, 1.165) is 25.7 Å². The fourth-order valence-electron chi connectivity index (χ4n) is 4.92. The summed E-state index contributed by atoms with van der Waals surface area (Å²) in [7, 11) is 0. The Kier molecular flexibility index (Phi) is 6.87. The number of hydrogen-bond donors (Lipinski definition) is 1. The number of likely N-dealkylation sites (tertiary alicyclic amines) is 1. The molecule has 1 aliphatic carbocycles. The lowest BCUT2D eigenvalue weighted by Gasteiger charge is -2.35. The van der Waals surface area contributed by atoms with Crippen molar-refractivity contribution in [2.24, 2.45) is 5.92 Å². The second kappa shape index (κ2) is 9.80. The number of carbonyl (C=O) groups is 2. The van der Waals surface area contributed by atoms with E-state index in [4.69, 9.17) is 0 Å². The summed E-state index contributed by atoms with van der Waals surface area (Å²) >= 11 is 0. The minimum atomic E-state index is -0.514. The van der Waals surface area contributed by atoms with Gasteiger partial charge in [0.25, 0.3) is 5.91 Å². The zero-order chi connectivity index (χ0) is 22.7. The number of amides is 2. The highest BCUT2D eigenvalue weighted by molar-refractivity contribution is 5.95. The van der Waals surface area contributed by atoms with Gasteiger partial charge in [-0.2, -0.15) is 0 Å². The minimum Gasteiger partial charge on any atom is -0.349 e. The molecule has 1 heterocycles. The summed E-state index contributed by atoms with van der Waals surface area (Å²) in [5.41, 5.74) is 1.84. The molecule has 1 aliphatic heterocycles. The van der Waals surface area contributed by atoms with Gasteiger partial charge in [-0.3, -0.25) is 9.59 Å². The van der Waals surface area contributed by atoms with Gasteiger partial charge in [0, 0.05) is 36.2 Å². The topological polar surface area (TPSA) is 49.4 Å². The van der Waals surface area contributed by atoms with Gasteiger partial charge in [0.1, 0.15) is 11.6 Å². The average Bonchev–Trinajstić information content (AvgIpc) is 2.80. The molecule has 0 spiro atoms. The number of halogens is 2. The molecule has 4 nitrogen and oxygen atoms in total. The molecule has 2 amide bonds. The van der Waals surface area contributed by atoms with E-state index < -0.39 is 5.82 Å². The Morgan fingerprint density at radius 2 is 1.59 bits per heavy atom. The van der Waals surface area contributed by atoms with Crippen molar-refractivity contribution >= 4 is 11.8 Å². The first-order valence-corrected chi connectivity index (χ1v) is 11.6. The lowest BCUT2D eigenvalue weighted by atomic mass is 9.87. The van der Waals surface area contributed by atoms with E-state index in [1.54, 1.807) is 25.1 Å². The van der Waals surface area contributed by atoms with Crippen molar-refractivity contribution in [3.63, 3.8) is 0 Å². The maximum atomic E-state index is 14.8. The van der Waals surface area contributed by atoms with Crippen LogP contribution in [0.25, 0.3) is 11.1 Å². The Morgan fingerprint density at radius 3 is 2.25 bits per heavy atom. The number of aryl methyl sites for hydroxylation is 1. The molecule has 4 rings (SSSR count). The Balaban J connectivity index is 1.34. The van der Waals surface area contributed by atoms with Gasteiger partial charge in [0.2, 0.25) is 5.91 Å². The van der Waals surface area contributed by atoms with Crippen molar-refractivity contribution in [3.8, 4) is 11.1 Å². The van der Waals surface area contributed by atoms with E-state index >= 15 is 0 Å². The minimum absolute atomic E-state index is 0.0278. The lowest BCUT2D eigenvalue weighted by molar-refractivity contribution is -0.137. The number of nitrogens with zero attached hydrogens (tertiary/aromatic N) is 1. The molecule has 1 saturated heterocycles. The summed E-state index contributed by atoms with van der Waals surface area (Å²) in [6.07, 6.45) is 6.91. The van der Waals surface area contributed by atoms with E-state index in [1.165, 1.54) is 24.6 Å². The van der Waals surface area contributed by atoms with E-state index in [2.05, 4.69) is 5.32 Å². The van der Waals surface area contributed by atoms with Crippen LogP contribution in [0.3, 0.4) is 0 Å². The van der Waals surface area contributed by atoms with Crippen LogP contribution < -0.4 is 5.32 Å². The first kappa shape index (κ1) is 22.4. The predicted molar refractivity (Wildman–Crippen MR) is 120 cm³/mol. The third kappa shape index (κ3) is 5.00. The van der Waals surface area contributed by atoms with E-state index in [9.17, 15) is 18.4 Å². The molecule has 1 N–H and O–H groups in total. The van der Waals surface area contributed by atoms with Crippen molar-refractivity contribution in [2.75, 3.05) is 13.1 Å². The van der Waals surface area contributed by atoms with Crippen LogP contribution in [0.1, 0.15) is 60.9 Å². The molecule has 170 valence electrons. The van der Waals surface area contributed by atoms with Crippen molar-refractivity contribution in [3.05, 3.63) is 59.2 Å². The van der Waals surface area contributed by atoms with E-state index in [1.807, 2.05) is 4.90 Å². The first-order chi connectivity index (χ1) is 15.4. The first-order valence-electron chi connectivity index (χ1n) is 11.6. The highest BCUT2D eigenvalue weighted by Crippen LogP contribution is 2.28. The van der Waals surface area contributed by atoms with Gasteiger partial charge in [0.05, 0.1) is 0 Å². The smallest absolute Gasteiger partial charge is 0.251 e. The Bertz CT molecular complexity index is 993. The van der Waals surface area contributed by atoms with Crippen molar-refractivity contribution < 1.29 is 18.4 Å². The maximum Gasteiger partial charge on any atom is 0.251 e. The van der Waals surface area contributed by atoms with Crippen molar-refractivity contribution in [1.29, 1.82) is 0 Å². The Morgan fingerprint density at radius 1 is 0.906 bits per heavy atom. The summed E-state index contributed by atoms with van der Waals surface area (Å²) in [6.45, 7) is 3.03. The molecular formula is C26H30F2N2O2. The summed E-state index contributed by atoms with van der Waals surface area (Å²) < 4.78 is 28.1. The van der Waals surface area contributed by atoms with Gasteiger partial charge in [-0.25, -0.2) is 8.78 Å². The van der Waals surface area contributed by atoms with Gasteiger partial charge in [-0.15, -0.1) is 0 Å². The van der Waals surface area contributed by atoms with Crippen LogP contribution in [0.15, 0.2) is 36.4 Å². The maximum absolute atomic E-state index is 14.8. The summed E-state index contributed by atoms with van der Waals surface area (Å²) in [4.78, 5) is 27.3. The third-order valence-corrected chi connectivity index (χ3v) is 6.81. The molecule has 0 radical (unpaired) electrons. The lowest BCUT2D eigenvalue weighted by Crippen LogP contribution is -2.48. The van der Waals surface area contributed by atoms with Gasteiger partial charge < -0.3 is 10.2 Å². The number of nitrogens with one attached hydrogen (secondary N) is 1. The SMILES string of the molecule is Cc1cc(F)ccc1-c1ccc(C(=O)NC2CCN(C(=O)C3CCCCC3)CC2)cc1F. The second-order valence-corrected chi connectivity index (χ2v) is 9.06. The summed E-state index contributed by atoms with van der Waals surface area (Å²) in [5, 5.41) is 2.99. The largest absolute Gasteiger partial charge is 0.349 e. The van der Waals surface area contributed by atoms with Crippen LogP contribution in [0, 0.1) is 24.5 Å². The Hall–Kier alpha value is -2.76. The van der Waals surface area contributed by atoms with Crippen LogP contribution in [-0.2, 0) is 4.79 Å².